The first kappa shape index (κ1) is 12.3. The van der Waals surface area contributed by atoms with Crippen LogP contribution in [0.4, 0.5) is 5.69 Å². The predicted octanol–water partition coefficient (Wildman–Crippen LogP) is 3.26. The molecular formula is C15H16N2O. The second-order valence-electron chi connectivity index (χ2n) is 4.44. The number of amides is 1. The Hall–Kier alpha value is -2.16. The summed E-state index contributed by atoms with van der Waals surface area (Å²) in [6.07, 6.45) is 3.37. The van der Waals surface area contributed by atoms with Gasteiger partial charge in [-0.05, 0) is 55.7 Å². The molecule has 0 atom stereocenters. The van der Waals surface area contributed by atoms with E-state index in [0.717, 1.165) is 16.8 Å². The summed E-state index contributed by atoms with van der Waals surface area (Å²) in [6.45, 7) is 5.97. The third-order valence-electron chi connectivity index (χ3n) is 3.06. The third-order valence-corrected chi connectivity index (χ3v) is 3.06. The van der Waals surface area contributed by atoms with Crippen LogP contribution in [0.15, 0.2) is 36.7 Å². The van der Waals surface area contributed by atoms with Gasteiger partial charge < -0.3 is 5.32 Å². The van der Waals surface area contributed by atoms with Crippen LogP contribution in [0.25, 0.3) is 0 Å². The first-order valence-electron chi connectivity index (χ1n) is 5.87. The summed E-state index contributed by atoms with van der Waals surface area (Å²) in [5, 5.41) is 2.87. The Bertz CT molecular complexity index is 591. The van der Waals surface area contributed by atoms with Crippen molar-refractivity contribution in [3.8, 4) is 0 Å². The highest BCUT2D eigenvalue weighted by Crippen LogP contribution is 2.15. The van der Waals surface area contributed by atoms with Gasteiger partial charge in [-0.25, -0.2) is 0 Å². The van der Waals surface area contributed by atoms with Gasteiger partial charge in [0, 0.05) is 11.8 Å². The van der Waals surface area contributed by atoms with Gasteiger partial charge in [-0.2, -0.15) is 0 Å². The first-order valence-corrected chi connectivity index (χ1v) is 5.87. The maximum absolute atomic E-state index is 12.1. The molecule has 1 aromatic carbocycles. The van der Waals surface area contributed by atoms with E-state index in [0.29, 0.717) is 5.56 Å². The fraction of sp³-hybridized carbons (Fsp3) is 0.200. The Morgan fingerprint density at radius 2 is 1.83 bits per heavy atom. The van der Waals surface area contributed by atoms with Gasteiger partial charge in [-0.1, -0.05) is 6.07 Å². The highest BCUT2D eigenvalue weighted by molar-refractivity contribution is 6.04. The van der Waals surface area contributed by atoms with Gasteiger partial charge in [-0.15, -0.1) is 0 Å². The van der Waals surface area contributed by atoms with E-state index in [9.17, 15) is 4.79 Å². The largest absolute Gasteiger partial charge is 0.320 e. The molecule has 2 aromatic rings. The number of hydrogen-bond acceptors (Lipinski definition) is 2. The van der Waals surface area contributed by atoms with Crippen molar-refractivity contribution >= 4 is 11.6 Å². The number of anilines is 1. The fourth-order valence-electron chi connectivity index (χ4n) is 1.67. The van der Waals surface area contributed by atoms with Crippen molar-refractivity contribution in [1.29, 1.82) is 0 Å². The van der Waals surface area contributed by atoms with Gasteiger partial charge in [-0.3, -0.25) is 9.78 Å². The lowest BCUT2D eigenvalue weighted by atomic mass is 10.1. The molecule has 1 aromatic heterocycles. The highest BCUT2D eigenvalue weighted by atomic mass is 16.1. The van der Waals surface area contributed by atoms with E-state index in [1.54, 1.807) is 12.4 Å². The number of nitrogens with one attached hydrogen (secondary N) is 1. The standard InChI is InChI=1S/C15H16N2O/c1-10-4-5-13(8-12(10)3)15(18)17-14-9-16-7-6-11(14)2/h4-9H,1-3H3,(H,17,18). The number of pyridine rings is 1. The van der Waals surface area contributed by atoms with Crippen molar-refractivity contribution in [2.75, 3.05) is 5.32 Å². The first-order chi connectivity index (χ1) is 8.58. The molecule has 0 aliphatic heterocycles. The second kappa shape index (κ2) is 5.00. The molecule has 3 heteroatoms. The molecule has 0 fully saturated rings. The maximum Gasteiger partial charge on any atom is 0.255 e. The average molecular weight is 240 g/mol. The zero-order valence-corrected chi connectivity index (χ0v) is 10.8. The Kier molecular flexibility index (Phi) is 3.42. The van der Waals surface area contributed by atoms with Gasteiger partial charge >= 0.3 is 0 Å². The quantitative estimate of drug-likeness (QED) is 0.875. The Balaban J connectivity index is 2.22. The monoisotopic (exact) mass is 240 g/mol. The summed E-state index contributed by atoms with van der Waals surface area (Å²) in [7, 11) is 0. The summed E-state index contributed by atoms with van der Waals surface area (Å²) in [5.41, 5.74) is 4.72. The molecule has 3 nitrogen and oxygen atoms in total. The van der Waals surface area contributed by atoms with Crippen molar-refractivity contribution in [3.05, 3.63) is 58.9 Å². The van der Waals surface area contributed by atoms with Gasteiger partial charge in [0.05, 0.1) is 11.9 Å². The minimum atomic E-state index is -0.103. The second-order valence-corrected chi connectivity index (χ2v) is 4.44. The van der Waals surface area contributed by atoms with Crippen LogP contribution in [-0.2, 0) is 0 Å². The lowest BCUT2D eigenvalue weighted by molar-refractivity contribution is 0.102. The fourth-order valence-corrected chi connectivity index (χ4v) is 1.67. The van der Waals surface area contributed by atoms with Crippen molar-refractivity contribution in [2.45, 2.75) is 20.8 Å². The van der Waals surface area contributed by atoms with E-state index in [2.05, 4.69) is 10.3 Å². The molecule has 92 valence electrons. The molecule has 0 unspecified atom stereocenters. The van der Waals surface area contributed by atoms with Gasteiger partial charge in [0.1, 0.15) is 0 Å². The lowest BCUT2D eigenvalue weighted by Crippen LogP contribution is -2.13. The Morgan fingerprint density at radius 1 is 1.06 bits per heavy atom. The van der Waals surface area contributed by atoms with E-state index < -0.39 is 0 Å². The number of nitrogens with zero attached hydrogens (tertiary/aromatic N) is 1. The molecule has 0 spiro atoms. The van der Waals surface area contributed by atoms with Gasteiger partial charge in [0.25, 0.3) is 5.91 Å². The van der Waals surface area contributed by atoms with Crippen LogP contribution >= 0.6 is 0 Å². The molecule has 0 bridgehead atoms. The summed E-state index contributed by atoms with van der Waals surface area (Å²) >= 11 is 0. The van der Waals surface area contributed by atoms with Gasteiger partial charge in [0.15, 0.2) is 0 Å². The summed E-state index contributed by atoms with van der Waals surface area (Å²) in [4.78, 5) is 16.1. The van der Waals surface area contributed by atoms with E-state index in [-0.39, 0.29) is 5.91 Å². The molecule has 0 radical (unpaired) electrons. The van der Waals surface area contributed by atoms with Crippen LogP contribution in [-0.4, -0.2) is 10.9 Å². The van der Waals surface area contributed by atoms with Crippen LogP contribution in [0.2, 0.25) is 0 Å². The summed E-state index contributed by atoms with van der Waals surface area (Å²) in [5.74, 6) is -0.103. The zero-order chi connectivity index (χ0) is 13.1. The van der Waals surface area contributed by atoms with Crippen LogP contribution in [0, 0.1) is 20.8 Å². The molecule has 18 heavy (non-hydrogen) atoms. The molecular weight excluding hydrogens is 224 g/mol. The van der Waals surface area contributed by atoms with Crippen molar-refractivity contribution in [2.24, 2.45) is 0 Å². The van der Waals surface area contributed by atoms with Crippen LogP contribution in [0.3, 0.4) is 0 Å². The molecule has 1 N–H and O–H groups in total. The number of aryl methyl sites for hydroxylation is 3. The summed E-state index contributed by atoms with van der Waals surface area (Å²) < 4.78 is 0. The van der Waals surface area contributed by atoms with Gasteiger partial charge in [0.2, 0.25) is 0 Å². The molecule has 0 aliphatic rings. The molecule has 1 heterocycles. The average Bonchev–Trinajstić information content (AvgIpc) is 2.35. The Labute approximate surface area is 107 Å². The van der Waals surface area contributed by atoms with E-state index in [1.165, 1.54) is 5.56 Å². The van der Waals surface area contributed by atoms with Crippen LogP contribution < -0.4 is 5.32 Å². The van der Waals surface area contributed by atoms with Crippen molar-refractivity contribution in [3.63, 3.8) is 0 Å². The third kappa shape index (κ3) is 2.56. The van der Waals surface area contributed by atoms with Crippen LogP contribution in [0.5, 0.6) is 0 Å². The number of aromatic nitrogens is 1. The topological polar surface area (TPSA) is 42.0 Å². The number of carbonyl (C=O) groups excluding carboxylic acids is 1. The van der Waals surface area contributed by atoms with E-state index >= 15 is 0 Å². The molecule has 1 amide bonds. The lowest BCUT2D eigenvalue weighted by Gasteiger charge is -2.08. The highest BCUT2D eigenvalue weighted by Gasteiger charge is 2.08. The number of rotatable bonds is 2. The smallest absolute Gasteiger partial charge is 0.255 e. The maximum atomic E-state index is 12.1. The van der Waals surface area contributed by atoms with E-state index in [1.807, 2.05) is 45.0 Å². The van der Waals surface area contributed by atoms with E-state index in [4.69, 9.17) is 0 Å². The minimum absolute atomic E-state index is 0.103. The zero-order valence-electron chi connectivity index (χ0n) is 10.8. The predicted molar refractivity (Wildman–Crippen MR) is 72.8 cm³/mol. The van der Waals surface area contributed by atoms with Crippen LogP contribution in [0.1, 0.15) is 27.0 Å². The van der Waals surface area contributed by atoms with Crippen molar-refractivity contribution < 1.29 is 4.79 Å². The SMILES string of the molecule is Cc1ccc(C(=O)Nc2cnccc2C)cc1C. The van der Waals surface area contributed by atoms with Crippen molar-refractivity contribution in [1.82, 2.24) is 4.98 Å². The molecule has 0 saturated carbocycles. The molecule has 2 rings (SSSR count). The molecule has 0 aliphatic carbocycles. The number of carbonyl (C=O) groups is 1. The Morgan fingerprint density at radius 3 is 2.50 bits per heavy atom. The summed E-state index contributed by atoms with van der Waals surface area (Å²) in [6, 6.07) is 7.57. The number of benzene rings is 1. The number of hydrogen-bond donors (Lipinski definition) is 1. The minimum Gasteiger partial charge on any atom is -0.320 e. The normalized spacial score (nSPS) is 10.2. The molecule has 0 saturated heterocycles.